The molecule has 0 fully saturated rings. The molecule has 0 aliphatic carbocycles. The lowest BCUT2D eigenvalue weighted by molar-refractivity contribution is 0.257. The minimum Gasteiger partial charge on any atom is -0.338 e. The van der Waals surface area contributed by atoms with Gasteiger partial charge in [-0.3, -0.25) is 4.90 Å². The number of halogens is 2. The summed E-state index contributed by atoms with van der Waals surface area (Å²) in [4.78, 5) is 6.29. The summed E-state index contributed by atoms with van der Waals surface area (Å²) in [6, 6.07) is 4.94. The first kappa shape index (κ1) is 16.1. The number of unbranched alkanes of at least 4 members (excludes halogenated alkanes) is 1. The van der Waals surface area contributed by atoms with Crippen LogP contribution in [0.4, 0.5) is 4.39 Å². The highest BCUT2D eigenvalue weighted by Gasteiger charge is 2.11. The van der Waals surface area contributed by atoms with E-state index in [1.807, 2.05) is 11.9 Å². The molecule has 2 rings (SSSR count). The molecule has 6 heteroatoms. The second-order valence-electron chi connectivity index (χ2n) is 5.12. The van der Waals surface area contributed by atoms with E-state index < -0.39 is 0 Å². The van der Waals surface area contributed by atoms with Crippen LogP contribution < -0.4 is 0 Å². The molecule has 0 spiro atoms. The fourth-order valence-corrected chi connectivity index (χ4v) is 2.44. The van der Waals surface area contributed by atoms with E-state index in [1.165, 1.54) is 6.07 Å². The Hall–Kier alpha value is -1.27. The van der Waals surface area contributed by atoms with E-state index in [-0.39, 0.29) is 5.82 Å². The molecule has 0 radical (unpaired) electrons. The van der Waals surface area contributed by atoms with Gasteiger partial charge in [-0.1, -0.05) is 34.4 Å². The lowest BCUT2D eigenvalue weighted by atomic mass is 10.2. The summed E-state index contributed by atoms with van der Waals surface area (Å²) in [5.74, 6) is 1.10. The van der Waals surface area contributed by atoms with Crippen molar-refractivity contribution in [3.63, 3.8) is 0 Å². The fraction of sp³-hybridized carbons (Fsp3) is 0.467. The van der Waals surface area contributed by atoms with Crippen molar-refractivity contribution in [3.8, 4) is 0 Å². The third-order valence-corrected chi connectivity index (χ3v) is 3.61. The minimum atomic E-state index is -0.209. The Bertz CT molecular complexity index is 588. The zero-order valence-corrected chi connectivity index (χ0v) is 13.9. The molecule has 4 nitrogen and oxygen atoms in total. The van der Waals surface area contributed by atoms with Crippen LogP contribution in [0.5, 0.6) is 0 Å². The van der Waals surface area contributed by atoms with Gasteiger partial charge in [0.05, 0.1) is 6.54 Å². The highest BCUT2D eigenvalue weighted by molar-refractivity contribution is 9.10. The van der Waals surface area contributed by atoms with E-state index in [0.717, 1.165) is 29.6 Å². The predicted molar refractivity (Wildman–Crippen MR) is 82.2 cm³/mol. The van der Waals surface area contributed by atoms with E-state index in [2.05, 4.69) is 33.0 Å². The maximum absolute atomic E-state index is 13.7. The van der Waals surface area contributed by atoms with Gasteiger partial charge in [0.1, 0.15) is 5.82 Å². The van der Waals surface area contributed by atoms with Gasteiger partial charge in [0.25, 0.3) is 0 Å². The zero-order chi connectivity index (χ0) is 15.2. The summed E-state index contributed by atoms with van der Waals surface area (Å²) in [5.41, 5.74) is 0.637. The van der Waals surface area contributed by atoms with Crippen LogP contribution in [0.3, 0.4) is 0 Å². The number of aromatic nitrogens is 2. The van der Waals surface area contributed by atoms with Crippen molar-refractivity contribution >= 4 is 15.9 Å². The monoisotopic (exact) mass is 355 g/mol. The van der Waals surface area contributed by atoms with Crippen molar-refractivity contribution < 1.29 is 8.91 Å². The van der Waals surface area contributed by atoms with Crippen LogP contribution in [0.2, 0.25) is 0 Å². The Morgan fingerprint density at radius 3 is 2.90 bits per heavy atom. The van der Waals surface area contributed by atoms with Gasteiger partial charge in [0.15, 0.2) is 5.82 Å². The van der Waals surface area contributed by atoms with Crippen LogP contribution in [0.25, 0.3) is 0 Å². The Morgan fingerprint density at radius 2 is 2.14 bits per heavy atom. The first-order valence-corrected chi connectivity index (χ1v) is 7.81. The third kappa shape index (κ3) is 4.89. The molecule has 0 saturated heterocycles. The van der Waals surface area contributed by atoms with Gasteiger partial charge in [-0.2, -0.15) is 4.98 Å². The average molecular weight is 356 g/mol. The molecule has 0 bridgehead atoms. The van der Waals surface area contributed by atoms with Crippen LogP contribution >= 0.6 is 15.9 Å². The van der Waals surface area contributed by atoms with Crippen LogP contribution in [0, 0.1) is 5.82 Å². The van der Waals surface area contributed by atoms with Gasteiger partial charge >= 0.3 is 0 Å². The summed E-state index contributed by atoms with van der Waals surface area (Å²) in [7, 11) is 1.90. The summed E-state index contributed by atoms with van der Waals surface area (Å²) in [5, 5.41) is 3.95. The van der Waals surface area contributed by atoms with Crippen LogP contribution in [-0.2, 0) is 19.5 Å². The molecule has 1 aromatic heterocycles. The second-order valence-corrected chi connectivity index (χ2v) is 6.03. The van der Waals surface area contributed by atoms with Crippen molar-refractivity contribution in [1.82, 2.24) is 15.0 Å². The SMILES string of the molecule is CCCCc1noc(CN(C)Cc2cc(Br)ccc2F)n1. The molecule has 0 aliphatic rings. The molecule has 0 amide bonds. The van der Waals surface area contributed by atoms with Crippen LogP contribution in [-0.4, -0.2) is 22.1 Å². The largest absolute Gasteiger partial charge is 0.338 e. The Morgan fingerprint density at radius 1 is 1.33 bits per heavy atom. The summed E-state index contributed by atoms with van der Waals surface area (Å²) in [6.07, 6.45) is 2.99. The summed E-state index contributed by atoms with van der Waals surface area (Å²) >= 11 is 3.35. The maximum atomic E-state index is 13.7. The van der Waals surface area contributed by atoms with E-state index in [0.29, 0.717) is 24.5 Å². The van der Waals surface area contributed by atoms with Gasteiger partial charge in [0, 0.05) is 23.0 Å². The molecular formula is C15H19BrFN3O. The average Bonchev–Trinajstić information content (AvgIpc) is 2.88. The standard InChI is InChI=1S/C15H19BrFN3O/c1-3-4-5-14-18-15(21-19-14)10-20(2)9-11-8-12(16)6-7-13(11)17/h6-8H,3-5,9-10H2,1-2H3. The molecule has 0 saturated carbocycles. The number of benzene rings is 1. The molecule has 0 unspecified atom stereocenters. The molecule has 0 aliphatic heterocycles. The van der Waals surface area contributed by atoms with Crippen molar-refractivity contribution in [3.05, 3.63) is 45.8 Å². The minimum absolute atomic E-state index is 0.209. The Labute approximate surface area is 132 Å². The number of nitrogens with zero attached hydrogens (tertiary/aromatic N) is 3. The normalized spacial score (nSPS) is 11.3. The quantitative estimate of drug-likeness (QED) is 0.754. The number of hydrogen-bond acceptors (Lipinski definition) is 4. The van der Waals surface area contributed by atoms with E-state index in [9.17, 15) is 4.39 Å². The van der Waals surface area contributed by atoms with Gasteiger partial charge in [-0.05, 0) is 31.7 Å². The highest BCUT2D eigenvalue weighted by Crippen LogP contribution is 2.17. The van der Waals surface area contributed by atoms with Crippen molar-refractivity contribution in [2.24, 2.45) is 0 Å². The summed E-state index contributed by atoms with van der Waals surface area (Å²) < 4.78 is 19.8. The third-order valence-electron chi connectivity index (χ3n) is 3.12. The molecule has 2 aromatic rings. The highest BCUT2D eigenvalue weighted by atomic mass is 79.9. The van der Waals surface area contributed by atoms with Gasteiger partial charge in [-0.15, -0.1) is 0 Å². The van der Waals surface area contributed by atoms with Crippen molar-refractivity contribution in [2.75, 3.05) is 7.05 Å². The maximum Gasteiger partial charge on any atom is 0.240 e. The van der Waals surface area contributed by atoms with Crippen LogP contribution in [0.15, 0.2) is 27.2 Å². The molecule has 21 heavy (non-hydrogen) atoms. The first-order chi connectivity index (χ1) is 10.1. The number of hydrogen-bond donors (Lipinski definition) is 0. The lowest BCUT2D eigenvalue weighted by Crippen LogP contribution is -2.18. The molecule has 1 aromatic carbocycles. The molecular weight excluding hydrogens is 337 g/mol. The molecule has 114 valence electrons. The lowest BCUT2D eigenvalue weighted by Gasteiger charge is -2.14. The zero-order valence-electron chi connectivity index (χ0n) is 12.3. The molecule has 0 atom stereocenters. The Kier molecular flexibility index (Phi) is 5.87. The Balaban J connectivity index is 1.93. The number of rotatable bonds is 7. The van der Waals surface area contributed by atoms with E-state index in [4.69, 9.17) is 4.52 Å². The second kappa shape index (κ2) is 7.66. The first-order valence-electron chi connectivity index (χ1n) is 7.02. The van der Waals surface area contributed by atoms with Gasteiger partial charge in [-0.25, -0.2) is 4.39 Å². The van der Waals surface area contributed by atoms with Crippen molar-refractivity contribution in [1.29, 1.82) is 0 Å². The predicted octanol–water partition coefficient (Wildman–Crippen LogP) is 3.95. The fourth-order valence-electron chi connectivity index (χ4n) is 2.03. The topological polar surface area (TPSA) is 42.2 Å². The molecule has 0 N–H and O–H groups in total. The van der Waals surface area contributed by atoms with Crippen LogP contribution in [0.1, 0.15) is 37.0 Å². The molecule has 1 heterocycles. The van der Waals surface area contributed by atoms with E-state index >= 15 is 0 Å². The summed E-state index contributed by atoms with van der Waals surface area (Å²) in [6.45, 7) is 3.12. The van der Waals surface area contributed by atoms with E-state index in [1.54, 1.807) is 12.1 Å². The number of aryl methyl sites for hydroxylation is 1. The smallest absolute Gasteiger partial charge is 0.240 e. The van der Waals surface area contributed by atoms with Crippen molar-refractivity contribution in [2.45, 2.75) is 39.3 Å². The van der Waals surface area contributed by atoms with Gasteiger partial charge < -0.3 is 4.52 Å². The van der Waals surface area contributed by atoms with Gasteiger partial charge in [0.2, 0.25) is 5.89 Å².